The van der Waals surface area contributed by atoms with Crippen LogP contribution in [0.1, 0.15) is 38.2 Å². The first kappa shape index (κ1) is 15.5. The molecule has 7 heteroatoms. The summed E-state index contributed by atoms with van der Waals surface area (Å²) in [6.07, 6.45) is 5.63. The number of H-pyrrole nitrogens is 1. The Hall–Kier alpha value is -0.920. The second-order valence-corrected chi connectivity index (χ2v) is 7.62. The Morgan fingerprint density at radius 2 is 2.05 bits per heavy atom. The molecule has 0 atom stereocenters. The van der Waals surface area contributed by atoms with Crippen molar-refractivity contribution in [3.05, 3.63) is 11.8 Å². The highest BCUT2D eigenvalue weighted by Crippen LogP contribution is 2.29. The molecule has 1 aliphatic carbocycles. The molecule has 0 aromatic carbocycles. The number of nitrogens with one attached hydrogen (secondary N) is 2. The fraction of sp³-hybridized carbons (Fsp3) is 0.769. The molecular formula is C13H24N4O2S. The third-order valence-corrected chi connectivity index (χ3v) is 6.11. The zero-order valence-corrected chi connectivity index (χ0v) is 13.2. The van der Waals surface area contributed by atoms with E-state index in [1.165, 1.54) is 4.31 Å². The Labute approximate surface area is 121 Å². The van der Waals surface area contributed by atoms with E-state index in [9.17, 15) is 8.42 Å². The average molecular weight is 300 g/mol. The maximum absolute atomic E-state index is 12.7. The van der Waals surface area contributed by atoms with Gasteiger partial charge in [0.1, 0.15) is 0 Å². The van der Waals surface area contributed by atoms with E-state index in [0.717, 1.165) is 25.7 Å². The van der Waals surface area contributed by atoms with Gasteiger partial charge in [-0.3, -0.25) is 5.10 Å². The van der Waals surface area contributed by atoms with Gasteiger partial charge >= 0.3 is 0 Å². The zero-order valence-electron chi connectivity index (χ0n) is 12.4. The zero-order chi connectivity index (χ0) is 14.8. The number of nitrogens with zero attached hydrogens (tertiary/aromatic N) is 2. The maximum Gasteiger partial charge on any atom is 0.260 e. The molecule has 1 saturated carbocycles. The third kappa shape index (κ3) is 3.05. The lowest BCUT2D eigenvalue weighted by atomic mass is 9.87. The summed E-state index contributed by atoms with van der Waals surface area (Å²) in [6.45, 7) is 2.71. The minimum atomic E-state index is -3.49. The van der Waals surface area contributed by atoms with Crippen LogP contribution in [-0.2, 0) is 16.6 Å². The van der Waals surface area contributed by atoms with Gasteiger partial charge in [0, 0.05) is 25.2 Å². The topological polar surface area (TPSA) is 78.1 Å². The van der Waals surface area contributed by atoms with Crippen LogP contribution in [0.2, 0.25) is 0 Å². The summed E-state index contributed by atoms with van der Waals surface area (Å²) in [7, 11) is -0.0225. The van der Waals surface area contributed by atoms with Gasteiger partial charge in [0.25, 0.3) is 10.0 Å². The molecule has 1 heterocycles. The summed E-state index contributed by atoms with van der Waals surface area (Å²) in [6, 6.07) is 0.0990. The largest absolute Gasteiger partial charge is 0.316 e. The first-order valence-electron chi connectivity index (χ1n) is 7.11. The molecule has 114 valence electrons. The monoisotopic (exact) mass is 300 g/mol. The quantitative estimate of drug-likeness (QED) is 0.860. The molecule has 0 saturated heterocycles. The van der Waals surface area contributed by atoms with Crippen LogP contribution in [0, 0.1) is 5.92 Å². The summed E-state index contributed by atoms with van der Waals surface area (Å²) in [5.41, 5.74) is 0.684. The Kier molecular flexibility index (Phi) is 4.82. The van der Waals surface area contributed by atoms with Crippen LogP contribution < -0.4 is 5.32 Å². The van der Waals surface area contributed by atoms with Crippen LogP contribution in [0.4, 0.5) is 0 Å². The van der Waals surface area contributed by atoms with Crippen molar-refractivity contribution in [1.29, 1.82) is 0 Å². The fourth-order valence-electron chi connectivity index (χ4n) is 2.79. The molecule has 0 spiro atoms. The number of aromatic nitrogens is 2. The van der Waals surface area contributed by atoms with Gasteiger partial charge in [0.2, 0.25) is 0 Å². The molecular weight excluding hydrogens is 276 g/mol. The first-order chi connectivity index (χ1) is 9.46. The number of aromatic amines is 1. The van der Waals surface area contributed by atoms with Crippen molar-refractivity contribution >= 4 is 10.0 Å². The summed E-state index contributed by atoms with van der Waals surface area (Å²) < 4.78 is 26.9. The average Bonchev–Trinajstić information content (AvgIpc) is 2.88. The molecule has 0 aliphatic heterocycles. The number of sulfonamides is 1. The number of hydrogen-bond acceptors (Lipinski definition) is 4. The van der Waals surface area contributed by atoms with E-state index < -0.39 is 10.0 Å². The van der Waals surface area contributed by atoms with Gasteiger partial charge in [0.15, 0.2) is 5.03 Å². The van der Waals surface area contributed by atoms with Gasteiger partial charge in [-0.05, 0) is 38.6 Å². The lowest BCUT2D eigenvalue weighted by Gasteiger charge is -2.32. The van der Waals surface area contributed by atoms with Crippen LogP contribution in [-0.4, -0.2) is 43.1 Å². The van der Waals surface area contributed by atoms with E-state index in [0.29, 0.717) is 18.0 Å². The van der Waals surface area contributed by atoms with Gasteiger partial charge in [-0.2, -0.15) is 9.40 Å². The van der Waals surface area contributed by atoms with Crippen molar-refractivity contribution in [3.8, 4) is 0 Å². The summed E-state index contributed by atoms with van der Waals surface area (Å²) in [5.74, 6) is 0.703. The second kappa shape index (κ2) is 6.24. The van der Waals surface area contributed by atoms with E-state index in [2.05, 4.69) is 22.4 Å². The van der Waals surface area contributed by atoms with Crippen molar-refractivity contribution in [2.45, 2.75) is 50.2 Å². The third-order valence-electron chi connectivity index (χ3n) is 4.18. The van der Waals surface area contributed by atoms with Crippen LogP contribution in [0.3, 0.4) is 0 Å². The lowest BCUT2D eigenvalue weighted by Crippen LogP contribution is -2.39. The van der Waals surface area contributed by atoms with Crippen molar-refractivity contribution in [2.75, 3.05) is 14.1 Å². The second-order valence-electron chi connectivity index (χ2n) is 5.69. The minimum Gasteiger partial charge on any atom is -0.316 e. The highest BCUT2D eigenvalue weighted by atomic mass is 32.2. The highest BCUT2D eigenvalue weighted by molar-refractivity contribution is 7.89. The molecule has 0 unspecified atom stereocenters. The SMILES string of the molecule is CNCc1cn[nH]c1S(=O)(=O)N(C)C1CCC(C)CC1. The Morgan fingerprint density at radius 3 is 2.65 bits per heavy atom. The van der Waals surface area contributed by atoms with Crippen molar-refractivity contribution in [1.82, 2.24) is 19.8 Å². The lowest BCUT2D eigenvalue weighted by molar-refractivity contribution is 0.245. The van der Waals surface area contributed by atoms with Gasteiger partial charge < -0.3 is 5.32 Å². The minimum absolute atomic E-state index is 0.0990. The van der Waals surface area contributed by atoms with Gasteiger partial charge in [-0.25, -0.2) is 8.42 Å². The molecule has 0 amide bonds. The molecule has 1 aromatic rings. The van der Waals surface area contributed by atoms with Gasteiger partial charge in [0.05, 0.1) is 6.20 Å². The predicted octanol–water partition coefficient (Wildman–Crippen LogP) is 1.33. The highest BCUT2D eigenvalue weighted by Gasteiger charge is 2.32. The fourth-order valence-corrected chi connectivity index (χ4v) is 4.30. The predicted molar refractivity (Wildman–Crippen MR) is 77.7 cm³/mol. The van der Waals surface area contributed by atoms with E-state index in [1.807, 2.05) is 0 Å². The molecule has 0 bridgehead atoms. The van der Waals surface area contributed by atoms with Gasteiger partial charge in [-0.15, -0.1) is 0 Å². The molecule has 1 fully saturated rings. The molecule has 2 rings (SSSR count). The summed E-state index contributed by atoms with van der Waals surface area (Å²) in [4.78, 5) is 0. The molecule has 1 aliphatic rings. The van der Waals surface area contributed by atoms with Crippen molar-refractivity contribution in [2.24, 2.45) is 5.92 Å². The van der Waals surface area contributed by atoms with Crippen LogP contribution >= 0.6 is 0 Å². The Morgan fingerprint density at radius 1 is 1.40 bits per heavy atom. The normalized spacial score (nSPS) is 24.2. The van der Waals surface area contributed by atoms with Crippen LogP contribution in [0.15, 0.2) is 11.2 Å². The van der Waals surface area contributed by atoms with E-state index >= 15 is 0 Å². The van der Waals surface area contributed by atoms with E-state index in [-0.39, 0.29) is 11.1 Å². The summed E-state index contributed by atoms with van der Waals surface area (Å²) >= 11 is 0. The van der Waals surface area contributed by atoms with Crippen LogP contribution in [0.25, 0.3) is 0 Å². The Balaban J connectivity index is 2.18. The molecule has 0 radical (unpaired) electrons. The molecule has 20 heavy (non-hydrogen) atoms. The van der Waals surface area contributed by atoms with E-state index in [4.69, 9.17) is 0 Å². The number of rotatable bonds is 5. The smallest absolute Gasteiger partial charge is 0.260 e. The number of hydrogen-bond donors (Lipinski definition) is 2. The van der Waals surface area contributed by atoms with Crippen molar-refractivity contribution in [3.63, 3.8) is 0 Å². The molecule has 6 nitrogen and oxygen atoms in total. The first-order valence-corrected chi connectivity index (χ1v) is 8.55. The molecule has 1 aromatic heterocycles. The van der Waals surface area contributed by atoms with Crippen LogP contribution in [0.5, 0.6) is 0 Å². The standard InChI is InChI=1S/C13H24N4O2S/c1-10-4-6-12(7-5-10)17(3)20(18,19)13-11(8-14-2)9-15-16-13/h9-10,12,14H,4-8H2,1-3H3,(H,15,16). The summed E-state index contributed by atoms with van der Waals surface area (Å²) in [5, 5.41) is 9.70. The van der Waals surface area contributed by atoms with Crippen molar-refractivity contribution < 1.29 is 8.42 Å². The Bertz CT molecular complexity index is 532. The van der Waals surface area contributed by atoms with E-state index in [1.54, 1.807) is 20.3 Å². The van der Waals surface area contributed by atoms with Gasteiger partial charge in [-0.1, -0.05) is 6.92 Å². The maximum atomic E-state index is 12.7. The molecule has 2 N–H and O–H groups in total.